The Hall–Kier alpha value is -2.87. The number of benzene rings is 2. The number of sulfone groups is 1. The molecular formula is C18H20N2O5S. The van der Waals surface area contributed by atoms with Gasteiger partial charge in [0.2, 0.25) is 0 Å². The largest absolute Gasteiger partial charge is 0.493 e. The minimum Gasteiger partial charge on any atom is -0.493 e. The first kappa shape index (κ1) is 19.5. The van der Waals surface area contributed by atoms with Gasteiger partial charge in [0, 0.05) is 17.4 Å². The summed E-state index contributed by atoms with van der Waals surface area (Å²) in [6, 6.07) is 10.9. The van der Waals surface area contributed by atoms with Crippen LogP contribution >= 0.6 is 0 Å². The van der Waals surface area contributed by atoms with E-state index in [2.05, 4.69) is 10.5 Å². The van der Waals surface area contributed by atoms with Gasteiger partial charge in [0.25, 0.3) is 5.91 Å². The van der Waals surface area contributed by atoms with Gasteiger partial charge in [-0.2, -0.15) is 5.10 Å². The van der Waals surface area contributed by atoms with E-state index in [4.69, 9.17) is 9.47 Å². The third-order valence-electron chi connectivity index (χ3n) is 3.67. The average molecular weight is 376 g/mol. The molecule has 0 bridgehead atoms. The van der Waals surface area contributed by atoms with E-state index in [1.165, 1.54) is 31.4 Å². The lowest BCUT2D eigenvalue weighted by Gasteiger charge is -2.09. The Morgan fingerprint density at radius 3 is 2.08 bits per heavy atom. The standard InChI is InChI=1S/C18H20N2O5S/c1-12(14-7-10-16(24-2)17(11-14)25-3)19-20-18(21)13-5-8-15(9-6-13)26(4,22)23/h5-11H,1-4H3,(H,20,21)/b19-12+. The first-order valence-electron chi connectivity index (χ1n) is 7.63. The molecule has 0 aliphatic heterocycles. The minimum atomic E-state index is -3.30. The number of rotatable bonds is 6. The molecule has 0 aromatic heterocycles. The topological polar surface area (TPSA) is 94.1 Å². The Kier molecular flexibility index (Phi) is 5.99. The Morgan fingerprint density at radius 2 is 1.54 bits per heavy atom. The summed E-state index contributed by atoms with van der Waals surface area (Å²) in [4.78, 5) is 12.3. The summed E-state index contributed by atoms with van der Waals surface area (Å²) in [6.45, 7) is 1.74. The highest BCUT2D eigenvalue weighted by molar-refractivity contribution is 7.90. The van der Waals surface area contributed by atoms with Crippen LogP contribution in [-0.4, -0.2) is 40.5 Å². The quantitative estimate of drug-likeness (QED) is 0.616. The minimum absolute atomic E-state index is 0.152. The molecule has 8 heteroatoms. The zero-order chi connectivity index (χ0) is 19.3. The fraction of sp³-hybridized carbons (Fsp3) is 0.222. The number of hydrogen-bond acceptors (Lipinski definition) is 6. The summed E-state index contributed by atoms with van der Waals surface area (Å²) in [6.07, 6.45) is 1.11. The zero-order valence-corrected chi connectivity index (χ0v) is 15.8. The highest BCUT2D eigenvalue weighted by atomic mass is 32.2. The van der Waals surface area contributed by atoms with Gasteiger partial charge in [-0.25, -0.2) is 13.8 Å². The van der Waals surface area contributed by atoms with Crippen LogP contribution in [0.3, 0.4) is 0 Å². The van der Waals surface area contributed by atoms with E-state index in [0.717, 1.165) is 11.8 Å². The Balaban J connectivity index is 2.14. The van der Waals surface area contributed by atoms with Crippen molar-refractivity contribution in [3.05, 3.63) is 53.6 Å². The highest BCUT2D eigenvalue weighted by Crippen LogP contribution is 2.27. The van der Waals surface area contributed by atoms with Gasteiger partial charge in [-0.05, 0) is 49.4 Å². The van der Waals surface area contributed by atoms with Crippen LogP contribution in [0, 0.1) is 0 Å². The van der Waals surface area contributed by atoms with Crippen molar-refractivity contribution in [1.82, 2.24) is 5.43 Å². The Morgan fingerprint density at radius 1 is 0.962 bits per heavy atom. The van der Waals surface area contributed by atoms with Gasteiger partial charge in [-0.1, -0.05) is 0 Å². The monoisotopic (exact) mass is 376 g/mol. The number of carbonyl (C=O) groups excluding carboxylic acids is 1. The van der Waals surface area contributed by atoms with E-state index in [0.29, 0.717) is 22.8 Å². The molecule has 0 heterocycles. The first-order chi connectivity index (χ1) is 12.3. The Bertz CT molecular complexity index is 935. The van der Waals surface area contributed by atoms with E-state index in [1.54, 1.807) is 32.2 Å². The van der Waals surface area contributed by atoms with Gasteiger partial charge in [0.1, 0.15) is 0 Å². The maximum Gasteiger partial charge on any atom is 0.271 e. The molecule has 2 rings (SSSR count). The lowest BCUT2D eigenvalue weighted by Crippen LogP contribution is -2.19. The van der Waals surface area contributed by atoms with Crippen molar-refractivity contribution in [3.63, 3.8) is 0 Å². The summed E-state index contributed by atoms with van der Waals surface area (Å²) in [5.41, 5.74) is 4.09. The lowest BCUT2D eigenvalue weighted by molar-refractivity contribution is 0.0954. The van der Waals surface area contributed by atoms with E-state index < -0.39 is 15.7 Å². The fourth-order valence-corrected chi connectivity index (χ4v) is 2.81. The molecule has 0 aliphatic rings. The van der Waals surface area contributed by atoms with Crippen LogP contribution in [0.5, 0.6) is 11.5 Å². The lowest BCUT2D eigenvalue weighted by atomic mass is 10.1. The molecule has 2 aromatic carbocycles. The second kappa shape index (κ2) is 8.01. The predicted molar refractivity (Wildman–Crippen MR) is 98.8 cm³/mol. The average Bonchev–Trinajstić information content (AvgIpc) is 2.64. The van der Waals surface area contributed by atoms with Crippen LogP contribution in [0.15, 0.2) is 52.5 Å². The van der Waals surface area contributed by atoms with Crippen molar-refractivity contribution in [2.75, 3.05) is 20.5 Å². The van der Waals surface area contributed by atoms with Gasteiger partial charge >= 0.3 is 0 Å². The molecular weight excluding hydrogens is 356 g/mol. The van der Waals surface area contributed by atoms with Crippen LogP contribution in [0.4, 0.5) is 0 Å². The van der Waals surface area contributed by atoms with Crippen molar-refractivity contribution in [2.24, 2.45) is 5.10 Å². The molecule has 0 saturated heterocycles. The number of ether oxygens (including phenoxy) is 2. The number of carbonyl (C=O) groups is 1. The summed E-state index contributed by atoms with van der Waals surface area (Å²) in [5, 5.41) is 4.08. The van der Waals surface area contributed by atoms with Gasteiger partial charge in [-0.3, -0.25) is 4.79 Å². The van der Waals surface area contributed by atoms with Gasteiger partial charge in [0.05, 0.1) is 24.8 Å². The first-order valence-corrected chi connectivity index (χ1v) is 9.52. The third-order valence-corrected chi connectivity index (χ3v) is 4.80. The second-order valence-corrected chi connectivity index (χ2v) is 7.52. The van der Waals surface area contributed by atoms with Crippen molar-refractivity contribution in [2.45, 2.75) is 11.8 Å². The molecule has 2 aromatic rings. The predicted octanol–water partition coefficient (Wildman–Crippen LogP) is 2.26. The van der Waals surface area contributed by atoms with Gasteiger partial charge in [-0.15, -0.1) is 0 Å². The molecule has 0 aliphatic carbocycles. The van der Waals surface area contributed by atoms with Crippen molar-refractivity contribution in [1.29, 1.82) is 0 Å². The van der Waals surface area contributed by atoms with Crippen molar-refractivity contribution >= 4 is 21.5 Å². The number of hydrogen-bond donors (Lipinski definition) is 1. The highest BCUT2D eigenvalue weighted by Gasteiger charge is 2.10. The molecule has 0 fully saturated rings. The zero-order valence-electron chi connectivity index (χ0n) is 14.9. The van der Waals surface area contributed by atoms with Crippen molar-refractivity contribution < 1.29 is 22.7 Å². The molecule has 1 amide bonds. The van der Waals surface area contributed by atoms with Gasteiger partial charge < -0.3 is 9.47 Å². The maximum absolute atomic E-state index is 12.2. The van der Waals surface area contributed by atoms with Crippen LogP contribution in [0.25, 0.3) is 0 Å². The normalized spacial score (nSPS) is 11.8. The van der Waals surface area contributed by atoms with E-state index >= 15 is 0 Å². The number of amides is 1. The van der Waals surface area contributed by atoms with Crippen LogP contribution in [0.1, 0.15) is 22.8 Å². The molecule has 1 N–H and O–H groups in total. The van der Waals surface area contributed by atoms with Gasteiger partial charge in [0.15, 0.2) is 21.3 Å². The van der Waals surface area contributed by atoms with Crippen LogP contribution in [0.2, 0.25) is 0 Å². The molecule has 0 unspecified atom stereocenters. The molecule has 26 heavy (non-hydrogen) atoms. The van der Waals surface area contributed by atoms with Crippen molar-refractivity contribution in [3.8, 4) is 11.5 Å². The summed E-state index contributed by atoms with van der Waals surface area (Å²) < 4.78 is 33.3. The number of methoxy groups -OCH3 is 2. The van der Waals surface area contributed by atoms with E-state index in [1.807, 2.05) is 0 Å². The van der Waals surface area contributed by atoms with E-state index in [-0.39, 0.29) is 4.90 Å². The molecule has 0 radical (unpaired) electrons. The molecule has 0 saturated carbocycles. The number of hydrazone groups is 1. The fourth-order valence-electron chi connectivity index (χ4n) is 2.18. The van der Waals surface area contributed by atoms with E-state index in [9.17, 15) is 13.2 Å². The number of nitrogens with zero attached hydrogens (tertiary/aromatic N) is 1. The maximum atomic E-state index is 12.2. The summed E-state index contributed by atoms with van der Waals surface area (Å²) in [5.74, 6) is 0.714. The Labute approximate surface area is 152 Å². The van der Waals surface area contributed by atoms with Crippen LogP contribution < -0.4 is 14.9 Å². The third kappa shape index (κ3) is 4.60. The second-order valence-electron chi connectivity index (χ2n) is 5.50. The van der Waals surface area contributed by atoms with Crippen LogP contribution in [-0.2, 0) is 9.84 Å². The number of nitrogens with one attached hydrogen (secondary N) is 1. The molecule has 7 nitrogen and oxygen atoms in total. The summed E-state index contributed by atoms with van der Waals surface area (Å²) in [7, 11) is -0.214. The summed E-state index contributed by atoms with van der Waals surface area (Å²) >= 11 is 0. The molecule has 0 spiro atoms. The smallest absolute Gasteiger partial charge is 0.271 e. The molecule has 138 valence electrons. The SMILES string of the molecule is COc1ccc(/C(C)=N/NC(=O)c2ccc(S(C)(=O)=O)cc2)cc1OC. The molecule has 0 atom stereocenters.